The summed E-state index contributed by atoms with van der Waals surface area (Å²) in [5.74, 6) is 0.971. The van der Waals surface area contributed by atoms with Crippen LogP contribution in [0.25, 0.3) is 11.0 Å². The third-order valence-corrected chi connectivity index (χ3v) is 3.30. The summed E-state index contributed by atoms with van der Waals surface area (Å²) in [7, 11) is 0. The summed E-state index contributed by atoms with van der Waals surface area (Å²) in [4.78, 5) is 11.6. The molecule has 2 aromatic heterocycles. The van der Waals surface area contributed by atoms with E-state index in [-0.39, 0.29) is 0 Å². The zero-order valence-corrected chi connectivity index (χ0v) is 11.2. The number of fused-ring (bicyclic) bond motifs is 1. The van der Waals surface area contributed by atoms with E-state index in [2.05, 4.69) is 20.3 Å². The van der Waals surface area contributed by atoms with Gasteiger partial charge in [0.1, 0.15) is 17.8 Å². The van der Waals surface area contributed by atoms with Crippen LogP contribution >= 0.6 is 0 Å². The fourth-order valence-corrected chi connectivity index (χ4v) is 2.43. The van der Waals surface area contributed by atoms with Crippen molar-refractivity contribution >= 4 is 16.9 Å². The molecule has 3 rings (SSSR count). The Bertz CT molecular complexity index is 471. The number of rotatable bonds is 2. The van der Waals surface area contributed by atoms with Crippen molar-refractivity contribution in [3.05, 3.63) is 18.6 Å². The van der Waals surface area contributed by atoms with Gasteiger partial charge in [0.05, 0.1) is 5.39 Å². The van der Waals surface area contributed by atoms with E-state index in [0.717, 1.165) is 16.9 Å². The molecule has 0 amide bonds. The lowest BCUT2D eigenvalue weighted by Gasteiger charge is -2.23. The van der Waals surface area contributed by atoms with E-state index < -0.39 is 0 Å². The maximum atomic E-state index is 4.33. The average Bonchev–Trinajstić information content (AvgIpc) is 2.92. The third-order valence-electron chi connectivity index (χ3n) is 3.30. The van der Waals surface area contributed by atoms with Gasteiger partial charge in [-0.15, -0.1) is 0 Å². The summed E-state index contributed by atoms with van der Waals surface area (Å²) < 4.78 is 0. The third kappa shape index (κ3) is 2.81. The standard InChI is InChI=1S/C12H16N4.C2H6/c1-2-4-9(5-3-1)16-12-10-6-7-13-11(10)14-8-15-12;1-2/h6-9H,1-5H2,(H2,13,14,15,16);1-2H3. The van der Waals surface area contributed by atoms with Gasteiger partial charge in [0.15, 0.2) is 0 Å². The molecule has 1 aliphatic rings. The summed E-state index contributed by atoms with van der Waals surface area (Å²) in [5.41, 5.74) is 0.910. The van der Waals surface area contributed by atoms with Gasteiger partial charge in [-0.25, -0.2) is 9.97 Å². The molecule has 18 heavy (non-hydrogen) atoms. The van der Waals surface area contributed by atoms with E-state index in [1.165, 1.54) is 32.1 Å². The quantitative estimate of drug-likeness (QED) is 0.849. The van der Waals surface area contributed by atoms with E-state index >= 15 is 0 Å². The summed E-state index contributed by atoms with van der Waals surface area (Å²) in [6.07, 6.45) is 10.1. The lowest BCUT2D eigenvalue weighted by atomic mass is 9.95. The highest BCUT2D eigenvalue weighted by atomic mass is 15.1. The van der Waals surface area contributed by atoms with Crippen LogP contribution in [0.5, 0.6) is 0 Å². The van der Waals surface area contributed by atoms with Gasteiger partial charge >= 0.3 is 0 Å². The van der Waals surface area contributed by atoms with Crippen molar-refractivity contribution in [2.45, 2.75) is 52.0 Å². The number of nitrogens with zero attached hydrogens (tertiary/aromatic N) is 2. The Morgan fingerprint density at radius 3 is 2.72 bits per heavy atom. The predicted octanol–water partition coefficient (Wildman–Crippen LogP) is 3.73. The summed E-state index contributed by atoms with van der Waals surface area (Å²) in [6, 6.07) is 2.61. The van der Waals surface area contributed by atoms with Gasteiger partial charge in [0.2, 0.25) is 0 Å². The molecule has 0 saturated heterocycles. The normalized spacial score (nSPS) is 16.1. The number of nitrogens with one attached hydrogen (secondary N) is 2. The van der Waals surface area contributed by atoms with Gasteiger partial charge in [-0.1, -0.05) is 33.1 Å². The van der Waals surface area contributed by atoms with Gasteiger partial charge < -0.3 is 10.3 Å². The number of hydrogen-bond donors (Lipinski definition) is 2. The number of aromatic amines is 1. The summed E-state index contributed by atoms with van der Waals surface area (Å²) >= 11 is 0. The van der Waals surface area contributed by atoms with E-state index in [1.807, 2.05) is 26.1 Å². The zero-order valence-electron chi connectivity index (χ0n) is 11.2. The first-order chi connectivity index (χ1) is 8.93. The highest BCUT2D eigenvalue weighted by Crippen LogP contribution is 2.24. The van der Waals surface area contributed by atoms with Crippen LogP contribution in [0.1, 0.15) is 46.0 Å². The van der Waals surface area contributed by atoms with E-state index in [9.17, 15) is 0 Å². The molecule has 1 saturated carbocycles. The highest BCUT2D eigenvalue weighted by Gasteiger charge is 2.14. The molecule has 1 fully saturated rings. The van der Waals surface area contributed by atoms with Gasteiger partial charge in [-0.2, -0.15) is 0 Å². The van der Waals surface area contributed by atoms with Crippen molar-refractivity contribution < 1.29 is 0 Å². The largest absolute Gasteiger partial charge is 0.367 e. The van der Waals surface area contributed by atoms with Crippen molar-refractivity contribution in [2.24, 2.45) is 0 Å². The van der Waals surface area contributed by atoms with Gasteiger partial charge in [-0.3, -0.25) is 0 Å². The van der Waals surface area contributed by atoms with Crippen LogP contribution in [0.2, 0.25) is 0 Å². The molecule has 98 valence electrons. The number of hydrogen-bond acceptors (Lipinski definition) is 3. The molecule has 2 heterocycles. The van der Waals surface area contributed by atoms with Crippen molar-refractivity contribution in [2.75, 3.05) is 5.32 Å². The second-order valence-electron chi connectivity index (χ2n) is 4.44. The topological polar surface area (TPSA) is 53.6 Å². The Hall–Kier alpha value is -1.58. The second-order valence-corrected chi connectivity index (χ2v) is 4.44. The van der Waals surface area contributed by atoms with Crippen LogP contribution in [0.15, 0.2) is 18.6 Å². The first-order valence-electron chi connectivity index (χ1n) is 6.98. The van der Waals surface area contributed by atoms with Gasteiger partial charge in [-0.05, 0) is 18.9 Å². The smallest absolute Gasteiger partial charge is 0.142 e. The van der Waals surface area contributed by atoms with Gasteiger partial charge in [0.25, 0.3) is 0 Å². The molecule has 0 atom stereocenters. The molecule has 2 N–H and O–H groups in total. The molecule has 0 bridgehead atoms. The molecule has 0 spiro atoms. The van der Waals surface area contributed by atoms with Crippen LogP contribution in [-0.2, 0) is 0 Å². The maximum Gasteiger partial charge on any atom is 0.142 e. The molecular formula is C14H22N4. The number of aromatic nitrogens is 3. The van der Waals surface area contributed by atoms with Crippen LogP contribution in [-0.4, -0.2) is 21.0 Å². The first-order valence-corrected chi connectivity index (χ1v) is 6.98. The van der Waals surface area contributed by atoms with Crippen LogP contribution in [0, 0.1) is 0 Å². The molecule has 0 aliphatic heterocycles. The molecule has 1 aliphatic carbocycles. The molecule has 4 heteroatoms. The Kier molecular flexibility index (Phi) is 4.56. The second kappa shape index (κ2) is 6.38. The minimum Gasteiger partial charge on any atom is -0.367 e. The Labute approximate surface area is 108 Å². The van der Waals surface area contributed by atoms with Crippen LogP contribution < -0.4 is 5.32 Å². The van der Waals surface area contributed by atoms with Crippen LogP contribution in [0.4, 0.5) is 5.82 Å². The molecule has 2 aromatic rings. The molecule has 4 nitrogen and oxygen atoms in total. The van der Waals surface area contributed by atoms with E-state index in [4.69, 9.17) is 0 Å². The minimum atomic E-state index is 0.585. The maximum absolute atomic E-state index is 4.33. The van der Waals surface area contributed by atoms with Crippen molar-refractivity contribution in [1.29, 1.82) is 0 Å². The number of H-pyrrole nitrogens is 1. The molecule has 0 unspecified atom stereocenters. The lowest BCUT2D eigenvalue weighted by Crippen LogP contribution is -2.22. The monoisotopic (exact) mass is 246 g/mol. The molecule has 0 radical (unpaired) electrons. The molecular weight excluding hydrogens is 224 g/mol. The van der Waals surface area contributed by atoms with Gasteiger partial charge in [0, 0.05) is 12.2 Å². The Balaban J connectivity index is 0.000000574. The lowest BCUT2D eigenvalue weighted by molar-refractivity contribution is 0.462. The summed E-state index contributed by atoms with van der Waals surface area (Å²) in [6.45, 7) is 4.00. The first kappa shape index (κ1) is 12.9. The fourth-order valence-electron chi connectivity index (χ4n) is 2.43. The highest BCUT2D eigenvalue weighted by molar-refractivity contribution is 5.86. The summed E-state index contributed by atoms with van der Waals surface area (Å²) in [5, 5.41) is 4.63. The Morgan fingerprint density at radius 2 is 1.94 bits per heavy atom. The molecule has 0 aromatic carbocycles. The Morgan fingerprint density at radius 1 is 1.17 bits per heavy atom. The number of anilines is 1. The van der Waals surface area contributed by atoms with Crippen molar-refractivity contribution in [1.82, 2.24) is 15.0 Å². The van der Waals surface area contributed by atoms with Crippen molar-refractivity contribution in [3.63, 3.8) is 0 Å². The minimum absolute atomic E-state index is 0.585. The van der Waals surface area contributed by atoms with Crippen LogP contribution in [0.3, 0.4) is 0 Å². The average molecular weight is 246 g/mol. The van der Waals surface area contributed by atoms with Crippen molar-refractivity contribution in [3.8, 4) is 0 Å². The fraction of sp³-hybridized carbons (Fsp3) is 0.571. The zero-order chi connectivity index (χ0) is 12.8. The van der Waals surface area contributed by atoms with E-state index in [0.29, 0.717) is 6.04 Å². The SMILES string of the molecule is CC.c1nc(NC2CCCCC2)c2cc[nH]c2n1. The predicted molar refractivity (Wildman–Crippen MR) is 75.7 cm³/mol. The van der Waals surface area contributed by atoms with E-state index in [1.54, 1.807) is 6.33 Å².